The number of hydrogen-bond acceptors (Lipinski definition) is 1. The second-order valence-electron chi connectivity index (χ2n) is 7.86. The SMILES string of the molecule is Cc1c2c(cc[n+]1CCC[N+]1(C)CCCCC1)C1C=CC=CC1=N2. The third-order valence-corrected chi connectivity index (χ3v) is 6.05. The first-order chi connectivity index (χ1) is 11.7. The van der Waals surface area contributed by atoms with Crippen LogP contribution in [0.3, 0.4) is 0 Å². The maximum atomic E-state index is 4.90. The van der Waals surface area contributed by atoms with Crippen molar-refractivity contribution < 1.29 is 9.05 Å². The molecule has 0 N–H and O–H groups in total. The number of likely N-dealkylation sites (tertiary alicyclic amines) is 1. The first-order valence-electron chi connectivity index (χ1n) is 9.46. The molecular weight excluding hydrogens is 294 g/mol. The summed E-state index contributed by atoms with van der Waals surface area (Å²) in [5.74, 6) is 0.371. The summed E-state index contributed by atoms with van der Waals surface area (Å²) in [4.78, 5) is 4.90. The molecule has 1 aromatic heterocycles. The van der Waals surface area contributed by atoms with Gasteiger partial charge in [-0.25, -0.2) is 9.56 Å². The Balaban J connectivity index is 1.47. The van der Waals surface area contributed by atoms with Crippen molar-refractivity contribution in [2.24, 2.45) is 4.99 Å². The van der Waals surface area contributed by atoms with Crippen LogP contribution in [-0.2, 0) is 6.54 Å². The second-order valence-corrected chi connectivity index (χ2v) is 7.86. The van der Waals surface area contributed by atoms with E-state index in [1.165, 1.54) is 72.5 Å². The van der Waals surface area contributed by atoms with Crippen LogP contribution in [0.25, 0.3) is 0 Å². The van der Waals surface area contributed by atoms with Crippen molar-refractivity contribution in [1.82, 2.24) is 0 Å². The molecule has 1 aliphatic carbocycles. The van der Waals surface area contributed by atoms with E-state index in [0.717, 1.165) is 6.54 Å². The molecule has 3 aliphatic rings. The minimum absolute atomic E-state index is 0.371. The van der Waals surface area contributed by atoms with E-state index in [-0.39, 0.29) is 0 Å². The lowest BCUT2D eigenvalue weighted by Crippen LogP contribution is -2.49. The Morgan fingerprint density at radius 1 is 1.21 bits per heavy atom. The van der Waals surface area contributed by atoms with Gasteiger partial charge in [0.2, 0.25) is 5.69 Å². The van der Waals surface area contributed by atoms with Crippen molar-refractivity contribution in [3.05, 3.63) is 47.8 Å². The van der Waals surface area contributed by atoms with Crippen molar-refractivity contribution in [1.29, 1.82) is 0 Å². The molecule has 1 saturated heterocycles. The summed E-state index contributed by atoms with van der Waals surface area (Å²) >= 11 is 0. The van der Waals surface area contributed by atoms with Crippen molar-refractivity contribution in [3.63, 3.8) is 0 Å². The lowest BCUT2D eigenvalue weighted by atomic mass is 9.93. The van der Waals surface area contributed by atoms with Gasteiger partial charge in [0.15, 0.2) is 12.7 Å². The number of rotatable bonds is 4. The molecule has 1 atom stereocenters. The van der Waals surface area contributed by atoms with Crippen LogP contribution in [0, 0.1) is 6.92 Å². The first-order valence-corrected chi connectivity index (χ1v) is 9.46. The largest absolute Gasteiger partial charge is 0.326 e. The number of pyridine rings is 1. The maximum Gasteiger partial charge on any atom is 0.204 e. The minimum Gasteiger partial charge on any atom is -0.326 e. The van der Waals surface area contributed by atoms with Crippen LogP contribution < -0.4 is 4.57 Å². The number of piperidine rings is 1. The van der Waals surface area contributed by atoms with E-state index in [1.807, 2.05) is 0 Å². The third-order valence-electron chi connectivity index (χ3n) is 6.05. The average Bonchev–Trinajstić information content (AvgIpc) is 2.97. The third kappa shape index (κ3) is 2.86. The van der Waals surface area contributed by atoms with Crippen LogP contribution in [0.1, 0.15) is 42.9 Å². The standard InChI is InChI=1S/C21H29N3/c1-17-21-19(18-9-4-5-10-20(18)22-21)11-13-23(17)12-8-16-24(2)14-6-3-7-15-24/h4-5,9-11,13,18H,3,6-8,12,14-16H2,1-2H3/q+2. The number of quaternary nitrogens is 1. The highest BCUT2D eigenvalue weighted by atomic mass is 15.3. The number of nitrogens with zero attached hydrogens (tertiary/aromatic N) is 3. The van der Waals surface area contributed by atoms with Gasteiger partial charge < -0.3 is 4.48 Å². The van der Waals surface area contributed by atoms with Gasteiger partial charge in [0, 0.05) is 24.5 Å². The van der Waals surface area contributed by atoms with Crippen LogP contribution in [0.15, 0.2) is 41.6 Å². The van der Waals surface area contributed by atoms with Crippen molar-refractivity contribution >= 4 is 11.4 Å². The summed E-state index contributed by atoms with van der Waals surface area (Å²) in [6.07, 6.45) is 16.4. The normalized spacial score (nSPS) is 23.8. The van der Waals surface area contributed by atoms with E-state index < -0.39 is 0 Å². The lowest BCUT2D eigenvalue weighted by Gasteiger charge is -2.37. The molecule has 24 heavy (non-hydrogen) atoms. The van der Waals surface area contributed by atoms with Gasteiger partial charge in [0.25, 0.3) is 0 Å². The van der Waals surface area contributed by atoms with E-state index in [0.29, 0.717) is 5.92 Å². The molecule has 0 radical (unpaired) electrons. The monoisotopic (exact) mass is 323 g/mol. The van der Waals surface area contributed by atoms with E-state index in [2.05, 4.69) is 55.1 Å². The van der Waals surface area contributed by atoms with E-state index >= 15 is 0 Å². The quantitative estimate of drug-likeness (QED) is 0.595. The number of aromatic nitrogens is 1. The lowest BCUT2D eigenvalue weighted by molar-refractivity contribution is -0.916. The Morgan fingerprint density at radius 3 is 2.88 bits per heavy atom. The van der Waals surface area contributed by atoms with E-state index in [4.69, 9.17) is 4.99 Å². The predicted molar refractivity (Wildman–Crippen MR) is 98.7 cm³/mol. The molecule has 4 rings (SSSR count). The molecule has 3 heteroatoms. The Labute approximate surface area is 145 Å². The summed E-state index contributed by atoms with van der Waals surface area (Å²) in [6.45, 7) is 7.36. The molecule has 2 aliphatic heterocycles. The fourth-order valence-corrected chi connectivity index (χ4v) is 4.50. The molecule has 0 bridgehead atoms. The molecule has 1 fully saturated rings. The van der Waals surface area contributed by atoms with E-state index in [1.54, 1.807) is 0 Å². The zero-order valence-electron chi connectivity index (χ0n) is 15.0. The molecule has 0 amide bonds. The van der Waals surface area contributed by atoms with Crippen molar-refractivity contribution in [2.75, 3.05) is 26.7 Å². The van der Waals surface area contributed by atoms with Gasteiger partial charge in [-0.1, -0.05) is 18.2 Å². The maximum absolute atomic E-state index is 4.90. The summed E-state index contributed by atoms with van der Waals surface area (Å²) in [5.41, 5.74) is 5.08. The Morgan fingerprint density at radius 2 is 2.04 bits per heavy atom. The molecule has 3 nitrogen and oxygen atoms in total. The minimum atomic E-state index is 0.371. The van der Waals surface area contributed by atoms with Crippen molar-refractivity contribution in [3.8, 4) is 0 Å². The Hall–Kier alpha value is -1.74. The zero-order valence-corrected chi connectivity index (χ0v) is 15.0. The highest BCUT2D eigenvalue weighted by Gasteiger charge is 2.30. The topological polar surface area (TPSA) is 16.2 Å². The second kappa shape index (κ2) is 6.29. The first kappa shape index (κ1) is 15.8. The molecule has 0 spiro atoms. The fraction of sp³-hybridized carbons (Fsp3) is 0.524. The van der Waals surface area contributed by atoms with Gasteiger partial charge in [0.05, 0.1) is 38.8 Å². The van der Waals surface area contributed by atoms with Gasteiger partial charge in [-0.15, -0.1) is 0 Å². The van der Waals surface area contributed by atoms with E-state index in [9.17, 15) is 0 Å². The predicted octanol–water partition coefficient (Wildman–Crippen LogP) is 3.60. The van der Waals surface area contributed by atoms with Gasteiger partial charge in [-0.3, -0.25) is 0 Å². The fourth-order valence-electron chi connectivity index (χ4n) is 4.50. The molecule has 126 valence electrons. The molecule has 0 aromatic carbocycles. The Kier molecular flexibility index (Phi) is 4.13. The zero-order chi connectivity index (χ0) is 16.6. The summed E-state index contributed by atoms with van der Waals surface area (Å²) < 4.78 is 3.67. The van der Waals surface area contributed by atoms with Crippen LogP contribution in [0.4, 0.5) is 5.69 Å². The smallest absolute Gasteiger partial charge is 0.204 e. The summed E-state index contributed by atoms with van der Waals surface area (Å²) in [5, 5.41) is 0. The highest BCUT2D eigenvalue weighted by molar-refractivity contribution is 6.08. The molecule has 1 aromatic rings. The molecule has 1 unspecified atom stereocenters. The summed E-state index contributed by atoms with van der Waals surface area (Å²) in [7, 11) is 2.44. The van der Waals surface area contributed by atoms with Crippen LogP contribution in [0.2, 0.25) is 0 Å². The van der Waals surface area contributed by atoms with Gasteiger partial charge >= 0.3 is 0 Å². The van der Waals surface area contributed by atoms with Gasteiger partial charge in [-0.05, 0) is 25.3 Å². The van der Waals surface area contributed by atoms with Crippen molar-refractivity contribution in [2.45, 2.75) is 45.1 Å². The number of aliphatic imine (C=N–C) groups is 1. The Bertz CT molecular complexity index is 721. The molecular formula is C21H29N3+2. The van der Waals surface area contributed by atoms with Gasteiger partial charge in [-0.2, -0.15) is 0 Å². The van der Waals surface area contributed by atoms with Crippen LogP contribution in [0.5, 0.6) is 0 Å². The highest BCUT2D eigenvalue weighted by Crippen LogP contribution is 2.38. The molecule has 3 heterocycles. The van der Waals surface area contributed by atoms with Crippen LogP contribution >= 0.6 is 0 Å². The average molecular weight is 323 g/mol. The number of fused-ring (bicyclic) bond motifs is 3. The number of allylic oxidation sites excluding steroid dienone is 4. The number of hydrogen-bond donors (Lipinski definition) is 0. The summed E-state index contributed by atoms with van der Waals surface area (Å²) in [6, 6.07) is 2.28. The number of aryl methyl sites for hydroxylation is 1. The van der Waals surface area contributed by atoms with Crippen LogP contribution in [-0.4, -0.2) is 36.9 Å². The molecule has 0 saturated carbocycles. The van der Waals surface area contributed by atoms with Gasteiger partial charge in [0.1, 0.15) is 5.69 Å².